The summed E-state index contributed by atoms with van der Waals surface area (Å²) in [6, 6.07) is -0.208. The zero-order valence-electron chi connectivity index (χ0n) is 14.3. The summed E-state index contributed by atoms with van der Waals surface area (Å²) in [6.45, 7) is 9.30. The number of nitrogens with zero attached hydrogens (tertiary/aromatic N) is 3. The van der Waals surface area contributed by atoms with Crippen molar-refractivity contribution in [2.45, 2.75) is 52.7 Å². The van der Waals surface area contributed by atoms with Crippen LogP contribution in [-0.4, -0.2) is 50.9 Å². The number of aryl methyl sites for hydroxylation is 2. The molecule has 22 heavy (non-hydrogen) atoms. The van der Waals surface area contributed by atoms with Crippen LogP contribution in [0.5, 0.6) is 0 Å². The minimum absolute atomic E-state index is 0.00885. The van der Waals surface area contributed by atoms with Crippen LogP contribution in [0.4, 0.5) is 5.69 Å². The molecule has 2 N–H and O–H groups in total. The van der Waals surface area contributed by atoms with Crippen molar-refractivity contribution in [1.82, 2.24) is 14.7 Å². The monoisotopic (exact) mass is 308 g/mol. The second kappa shape index (κ2) is 6.79. The largest absolute Gasteiger partial charge is 0.393 e. The smallest absolute Gasteiger partial charge is 0.241 e. The maximum absolute atomic E-state index is 12.5. The van der Waals surface area contributed by atoms with E-state index in [-0.39, 0.29) is 24.0 Å². The number of likely N-dealkylation sites (tertiary alicyclic amines) is 1. The van der Waals surface area contributed by atoms with Crippen molar-refractivity contribution in [3.8, 4) is 0 Å². The summed E-state index contributed by atoms with van der Waals surface area (Å²) in [4.78, 5) is 14.7. The molecule has 0 spiro atoms. The minimum Gasteiger partial charge on any atom is -0.393 e. The van der Waals surface area contributed by atoms with E-state index in [1.54, 1.807) is 4.68 Å². The third-order valence-electron chi connectivity index (χ3n) is 4.86. The highest BCUT2D eigenvalue weighted by atomic mass is 16.3. The first kappa shape index (κ1) is 17.0. The molecule has 1 aromatic rings. The van der Waals surface area contributed by atoms with Gasteiger partial charge >= 0.3 is 0 Å². The van der Waals surface area contributed by atoms with Crippen LogP contribution < -0.4 is 5.32 Å². The molecule has 0 aliphatic carbocycles. The van der Waals surface area contributed by atoms with Crippen LogP contribution in [0.25, 0.3) is 0 Å². The molecule has 0 aromatic carbocycles. The van der Waals surface area contributed by atoms with E-state index >= 15 is 0 Å². The van der Waals surface area contributed by atoms with E-state index in [2.05, 4.69) is 15.3 Å². The van der Waals surface area contributed by atoms with E-state index in [0.29, 0.717) is 0 Å². The molecule has 124 valence electrons. The molecule has 1 aliphatic heterocycles. The summed E-state index contributed by atoms with van der Waals surface area (Å²) < 4.78 is 1.78. The van der Waals surface area contributed by atoms with E-state index < -0.39 is 0 Å². The van der Waals surface area contributed by atoms with Crippen molar-refractivity contribution in [2.75, 3.05) is 18.4 Å². The fourth-order valence-corrected chi connectivity index (χ4v) is 3.13. The van der Waals surface area contributed by atoms with Gasteiger partial charge in [0.15, 0.2) is 0 Å². The second-order valence-electron chi connectivity index (χ2n) is 6.47. The second-order valence-corrected chi connectivity index (χ2v) is 6.47. The highest BCUT2D eigenvalue weighted by molar-refractivity contribution is 5.95. The normalized spacial score (nSPS) is 22.4. The quantitative estimate of drug-likeness (QED) is 0.883. The van der Waals surface area contributed by atoms with Gasteiger partial charge in [-0.3, -0.25) is 14.4 Å². The number of amides is 1. The van der Waals surface area contributed by atoms with Crippen molar-refractivity contribution < 1.29 is 9.90 Å². The lowest BCUT2D eigenvalue weighted by Crippen LogP contribution is -2.48. The summed E-state index contributed by atoms with van der Waals surface area (Å²) in [7, 11) is 1.87. The molecule has 1 aliphatic rings. The van der Waals surface area contributed by atoms with Gasteiger partial charge in [0.1, 0.15) is 0 Å². The van der Waals surface area contributed by atoms with Gasteiger partial charge in [-0.25, -0.2) is 0 Å². The summed E-state index contributed by atoms with van der Waals surface area (Å²) >= 11 is 0. The molecule has 0 bridgehead atoms. The molecule has 3 atom stereocenters. The predicted molar refractivity (Wildman–Crippen MR) is 86.8 cm³/mol. The zero-order chi connectivity index (χ0) is 16.4. The van der Waals surface area contributed by atoms with E-state index in [1.165, 1.54) is 0 Å². The third-order valence-corrected chi connectivity index (χ3v) is 4.86. The Morgan fingerprint density at radius 3 is 2.64 bits per heavy atom. The number of aromatic nitrogens is 2. The zero-order valence-corrected chi connectivity index (χ0v) is 14.3. The molecule has 0 saturated carbocycles. The summed E-state index contributed by atoms with van der Waals surface area (Å²) in [5, 5.41) is 17.1. The topological polar surface area (TPSA) is 70.4 Å². The van der Waals surface area contributed by atoms with Crippen molar-refractivity contribution >= 4 is 11.6 Å². The number of anilines is 1. The number of aliphatic hydroxyl groups excluding tert-OH is 1. The maximum atomic E-state index is 12.5. The number of carbonyl (C=O) groups excluding carboxylic acids is 1. The molecular formula is C16H28N4O2. The average molecular weight is 308 g/mol. The first-order chi connectivity index (χ1) is 10.3. The number of hydrogen-bond donors (Lipinski definition) is 2. The SMILES string of the molecule is Cc1nn(C)c(C)c1NC(=O)C(C)N1CCCC(C(C)O)C1. The average Bonchev–Trinajstić information content (AvgIpc) is 2.73. The van der Waals surface area contributed by atoms with Gasteiger partial charge in [0.25, 0.3) is 0 Å². The Kier molecular flexibility index (Phi) is 5.24. The molecule has 2 rings (SSSR count). The van der Waals surface area contributed by atoms with Gasteiger partial charge in [-0.1, -0.05) is 0 Å². The Morgan fingerprint density at radius 2 is 2.09 bits per heavy atom. The van der Waals surface area contributed by atoms with E-state index in [0.717, 1.165) is 43.0 Å². The Hall–Kier alpha value is -1.40. The van der Waals surface area contributed by atoms with Crippen LogP contribution in [0.15, 0.2) is 0 Å². The molecule has 3 unspecified atom stereocenters. The van der Waals surface area contributed by atoms with Crippen molar-refractivity contribution in [3.63, 3.8) is 0 Å². The molecule has 1 amide bonds. The van der Waals surface area contributed by atoms with Crippen molar-refractivity contribution in [2.24, 2.45) is 13.0 Å². The fraction of sp³-hybridized carbons (Fsp3) is 0.750. The highest BCUT2D eigenvalue weighted by Crippen LogP contribution is 2.23. The molecule has 1 aromatic heterocycles. The number of rotatable bonds is 4. The van der Waals surface area contributed by atoms with E-state index in [4.69, 9.17) is 0 Å². The number of nitrogens with one attached hydrogen (secondary N) is 1. The van der Waals surface area contributed by atoms with Gasteiger partial charge in [0.05, 0.1) is 29.2 Å². The molecule has 1 fully saturated rings. The van der Waals surface area contributed by atoms with Crippen LogP contribution in [0.1, 0.15) is 38.1 Å². The van der Waals surface area contributed by atoms with Gasteiger partial charge in [-0.15, -0.1) is 0 Å². The molecule has 6 nitrogen and oxygen atoms in total. The van der Waals surface area contributed by atoms with Crippen LogP contribution >= 0.6 is 0 Å². The number of piperidine rings is 1. The molecule has 2 heterocycles. The van der Waals surface area contributed by atoms with Gasteiger partial charge in [0.2, 0.25) is 5.91 Å². The van der Waals surface area contributed by atoms with Gasteiger partial charge < -0.3 is 10.4 Å². The summed E-state index contributed by atoms with van der Waals surface area (Å²) in [5.41, 5.74) is 2.60. The summed E-state index contributed by atoms with van der Waals surface area (Å²) in [6.07, 6.45) is 1.74. The van der Waals surface area contributed by atoms with Crippen molar-refractivity contribution in [3.05, 3.63) is 11.4 Å². The predicted octanol–water partition coefficient (Wildman–Crippen LogP) is 1.46. The van der Waals surface area contributed by atoms with Gasteiger partial charge in [0, 0.05) is 13.6 Å². The maximum Gasteiger partial charge on any atom is 0.241 e. The Labute approximate surface area is 132 Å². The third kappa shape index (κ3) is 3.50. The Balaban J connectivity index is 2.03. The van der Waals surface area contributed by atoms with Crippen LogP contribution in [0.3, 0.4) is 0 Å². The number of aliphatic hydroxyl groups is 1. The minimum atomic E-state index is -0.319. The Bertz CT molecular complexity index is 538. The number of hydrogen-bond acceptors (Lipinski definition) is 4. The van der Waals surface area contributed by atoms with E-state index in [9.17, 15) is 9.90 Å². The lowest BCUT2D eigenvalue weighted by molar-refractivity contribution is -0.121. The summed E-state index contributed by atoms with van der Waals surface area (Å²) in [5.74, 6) is 0.247. The first-order valence-corrected chi connectivity index (χ1v) is 8.04. The molecule has 1 saturated heterocycles. The molecule has 0 radical (unpaired) electrons. The lowest BCUT2D eigenvalue weighted by Gasteiger charge is -2.37. The first-order valence-electron chi connectivity index (χ1n) is 8.04. The van der Waals surface area contributed by atoms with Gasteiger partial charge in [-0.05, 0) is 53.0 Å². The highest BCUT2D eigenvalue weighted by Gasteiger charge is 2.29. The standard InChI is InChI=1S/C16H28N4O2/c1-10-15(11(2)19(5)18-10)17-16(22)12(3)20-8-6-7-14(9-20)13(4)21/h12-14,21H,6-9H2,1-5H3,(H,17,22). The van der Waals surface area contributed by atoms with Crippen LogP contribution in [0, 0.1) is 19.8 Å². The molecular weight excluding hydrogens is 280 g/mol. The van der Waals surface area contributed by atoms with Crippen molar-refractivity contribution in [1.29, 1.82) is 0 Å². The fourth-order valence-electron chi connectivity index (χ4n) is 3.13. The van der Waals surface area contributed by atoms with E-state index in [1.807, 2.05) is 34.7 Å². The van der Waals surface area contributed by atoms with Crippen LogP contribution in [-0.2, 0) is 11.8 Å². The van der Waals surface area contributed by atoms with Gasteiger partial charge in [-0.2, -0.15) is 5.10 Å². The lowest BCUT2D eigenvalue weighted by atomic mass is 9.92. The number of carbonyl (C=O) groups is 1. The Morgan fingerprint density at radius 1 is 1.41 bits per heavy atom. The molecule has 6 heteroatoms. The van der Waals surface area contributed by atoms with Crippen LogP contribution in [0.2, 0.25) is 0 Å².